The molecule has 0 atom stereocenters. The van der Waals surface area contributed by atoms with E-state index in [-0.39, 0.29) is 5.78 Å². The van der Waals surface area contributed by atoms with Crippen LogP contribution >= 0.6 is 0 Å². The monoisotopic (exact) mass is 194 g/mol. The van der Waals surface area contributed by atoms with Crippen molar-refractivity contribution in [1.82, 2.24) is 0 Å². The third kappa shape index (κ3) is 3.28. The lowest BCUT2D eigenvalue weighted by molar-refractivity contribution is -0.112. The molecule has 1 heteroatoms. The predicted molar refractivity (Wildman–Crippen MR) is 60.2 cm³/mol. The van der Waals surface area contributed by atoms with E-state index in [1.54, 1.807) is 6.92 Å². The fraction of sp³-hybridized carbons (Fsp3) is 0.769. The fourth-order valence-corrected chi connectivity index (χ4v) is 3.10. The summed E-state index contributed by atoms with van der Waals surface area (Å²) in [5, 5.41) is 0. The molecule has 0 aliphatic heterocycles. The second kappa shape index (κ2) is 3.52. The third-order valence-electron chi connectivity index (χ3n) is 2.78. The standard InChI is InChI=1S/C13H22O/c1-10(14)6-11-7-12(2,3)9-13(4,5)8-11/h6H,7-9H2,1-5H3. The van der Waals surface area contributed by atoms with Crippen LogP contribution in [0.1, 0.15) is 53.9 Å². The molecule has 0 heterocycles. The summed E-state index contributed by atoms with van der Waals surface area (Å²) in [6.45, 7) is 10.8. The van der Waals surface area contributed by atoms with Gasteiger partial charge in [-0.3, -0.25) is 4.79 Å². The van der Waals surface area contributed by atoms with Crippen LogP contribution in [0.4, 0.5) is 0 Å². The Bertz CT molecular complexity index is 251. The van der Waals surface area contributed by atoms with E-state index in [1.165, 1.54) is 12.0 Å². The van der Waals surface area contributed by atoms with E-state index in [4.69, 9.17) is 0 Å². The lowest BCUT2D eigenvalue weighted by Gasteiger charge is -2.42. The Labute approximate surface area is 87.6 Å². The summed E-state index contributed by atoms with van der Waals surface area (Å²) >= 11 is 0. The zero-order chi connectivity index (χ0) is 11.0. The van der Waals surface area contributed by atoms with E-state index >= 15 is 0 Å². The Kier molecular flexibility index (Phi) is 2.89. The van der Waals surface area contributed by atoms with Crippen LogP contribution in [0.15, 0.2) is 11.6 Å². The van der Waals surface area contributed by atoms with Crippen molar-refractivity contribution in [2.75, 3.05) is 0 Å². The molecule has 0 aromatic heterocycles. The van der Waals surface area contributed by atoms with Crippen LogP contribution in [0, 0.1) is 10.8 Å². The van der Waals surface area contributed by atoms with E-state index in [0.717, 1.165) is 12.8 Å². The first kappa shape index (κ1) is 11.5. The first-order valence-electron chi connectivity index (χ1n) is 5.40. The van der Waals surface area contributed by atoms with Crippen molar-refractivity contribution in [3.05, 3.63) is 11.6 Å². The molecule has 1 fully saturated rings. The number of allylic oxidation sites excluding steroid dienone is 2. The Morgan fingerprint density at radius 2 is 1.57 bits per heavy atom. The van der Waals surface area contributed by atoms with Crippen molar-refractivity contribution in [2.24, 2.45) is 10.8 Å². The minimum atomic E-state index is 0.188. The average Bonchev–Trinajstić information content (AvgIpc) is 1.74. The maximum absolute atomic E-state index is 11.1. The van der Waals surface area contributed by atoms with Crippen LogP contribution in [-0.2, 0) is 4.79 Å². The number of carbonyl (C=O) groups is 1. The predicted octanol–water partition coefficient (Wildman–Crippen LogP) is 3.74. The van der Waals surface area contributed by atoms with Crippen molar-refractivity contribution in [2.45, 2.75) is 53.9 Å². The molecule has 0 aromatic carbocycles. The molecular weight excluding hydrogens is 172 g/mol. The van der Waals surface area contributed by atoms with Gasteiger partial charge in [-0.1, -0.05) is 33.3 Å². The highest BCUT2D eigenvalue weighted by molar-refractivity contribution is 5.88. The summed E-state index contributed by atoms with van der Waals surface area (Å²) in [4.78, 5) is 11.1. The highest BCUT2D eigenvalue weighted by atomic mass is 16.1. The molecule has 80 valence electrons. The fourth-order valence-electron chi connectivity index (χ4n) is 3.10. The molecule has 0 N–H and O–H groups in total. The SMILES string of the molecule is CC(=O)C=C1CC(C)(C)CC(C)(C)C1. The smallest absolute Gasteiger partial charge is 0.152 e. The zero-order valence-electron chi connectivity index (χ0n) is 10.1. The normalized spacial score (nSPS) is 24.5. The van der Waals surface area contributed by atoms with Crippen LogP contribution in [0.25, 0.3) is 0 Å². The van der Waals surface area contributed by atoms with E-state index in [0.29, 0.717) is 10.8 Å². The number of carbonyl (C=O) groups excluding carboxylic acids is 1. The van der Waals surface area contributed by atoms with Gasteiger partial charge in [-0.15, -0.1) is 0 Å². The van der Waals surface area contributed by atoms with Gasteiger partial charge in [-0.25, -0.2) is 0 Å². The summed E-state index contributed by atoms with van der Waals surface area (Å²) in [7, 11) is 0. The quantitative estimate of drug-likeness (QED) is 0.581. The van der Waals surface area contributed by atoms with Crippen molar-refractivity contribution in [1.29, 1.82) is 0 Å². The van der Waals surface area contributed by atoms with Gasteiger partial charge in [0.2, 0.25) is 0 Å². The largest absolute Gasteiger partial charge is 0.295 e. The maximum atomic E-state index is 11.1. The minimum Gasteiger partial charge on any atom is -0.295 e. The Balaban J connectivity index is 2.87. The molecule has 1 rings (SSSR count). The van der Waals surface area contributed by atoms with E-state index in [9.17, 15) is 4.79 Å². The molecule has 14 heavy (non-hydrogen) atoms. The van der Waals surface area contributed by atoms with Gasteiger partial charge in [0, 0.05) is 0 Å². The van der Waals surface area contributed by atoms with Gasteiger partial charge in [-0.2, -0.15) is 0 Å². The van der Waals surface area contributed by atoms with Gasteiger partial charge < -0.3 is 0 Å². The molecule has 0 radical (unpaired) electrons. The molecule has 1 aliphatic carbocycles. The molecule has 1 nitrogen and oxygen atoms in total. The number of ketones is 1. The van der Waals surface area contributed by atoms with E-state index in [1.807, 2.05) is 6.08 Å². The molecule has 0 spiro atoms. The summed E-state index contributed by atoms with van der Waals surface area (Å²) < 4.78 is 0. The van der Waals surface area contributed by atoms with Gasteiger partial charge >= 0.3 is 0 Å². The lowest BCUT2D eigenvalue weighted by atomic mass is 9.63. The van der Waals surface area contributed by atoms with Gasteiger partial charge in [-0.05, 0) is 43.1 Å². The third-order valence-corrected chi connectivity index (χ3v) is 2.78. The molecular formula is C13H22O. The van der Waals surface area contributed by atoms with Gasteiger partial charge in [0.1, 0.15) is 0 Å². The molecule has 1 saturated carbocycles. The number of hydrogen-bond acceptors (Lipinski definition) is 1. The Hall–Kier alpha value is -0.590. The van der Waals surface area contributed by atoms with Crippen molar-refractivity contribution < 1.29 is 4.79 Å². The molecule has 0 bridgehead atoms. The van der Waals surface area contributed by atoms with Gasteiger partial charge in [0.25, 0.3) is 0 Å². The molecule has 0 unspecified atom stereocenters. The first-order valence-corrected chi connectivity index (χ1v) is 5.40. The van der Waals surface area contributed by atoms with Crippen molar-refractivity contribution in [3.63, 3.8) is 0 Å². The summed E-state index contributed by atoms with van der Waals surface area (Å²) in [6, 6.07) is 0. The minimum absolute atomic E-state index is 0.188. The molecule has 0 amide bonds. The van der Waals surface area contributed by atoms with Crippen molar-refractivity contribution >= 4 is 5.78 Å². The zero-order valence-corrected chi connectivity index (χ0v) is 10.1. The van der Waals surface area contributed by atoms with Crippen molar-refractivity contribution in [3.8, 4) is 0 Å². The first-order chi connectivity index (χ1) is 6.20. The second-order valence-electron chi connectivity index (χ2n) is 6.27. The Morgan fingerprint density at radius 3 is 1.93 bits per heavy atom. The van der Waals surface area contributed by atoms with Crippen LogP contribution in [0.2, 0.25) is 0 Å². The van der Waals surface area contributed by atoms with Crippen LogP contribution in [0.5, 0.6) is 0 Å². The second-order valence-corrected chi connectivity index (χ2v) is 6.27. The molecule has 0 aromatic rings. The lowest BCUT2D eigenvalue weighted by Crippen LogP contribution is -2.30. The highest BCUT2D eigenvalue weighted by Gasteiger charge is 2.35. The van der Waals surface area contributed by atoms with Crippen LogP contribution in [-0.4, -0.2) is 5.78 Å². The highest BCUT2D eigenvalue weighted by Crippen LogP contribution is 2.47. The Morgan fingerprint density at radius 1 is 1.14 bits per heavy atom. The van der Waals surface area contributed by atoms with E-state index < -0.39 is 0 Å². The van der Waals surface area contributed by atoms with Gasteiger partial charge in [0.15, 0.2) is 5.78 Å². The van der Waals surface area contributed by atoms with Crippen LogP contribution in [0.3, 0.4) is 0 Å². The topological polar surface area (TPSA) is 17.1 Å². The number of rotatable bonds is 1. The molecule has 0 saturated heterocycles. The van der Waals surface area contributed by atoms with Gasteiger partial charge in [0.05, 0.1) is 0 Å². The maximum Gasteiger partial charge on any atom is 0.152 e. The average molecular weight is 194 g/mol. The number of hydrogen-bond donors (Lipinski definition) is 0. The summed E-state index contributed by atoms with van der Waals surface area (Å²) in [5.41, 5.74) is 2.03. The van der Waals surface area contributed by atoms with Crippen LogP contribution < -0.4 is 0 Å². The summed E-state index contributed by atoms with van der Waals surface area (Å²) in [6.07, 6.45) is 5.24. The molecule has 1 aliphatic rings. The van der Waals surface area contributed by atoms with E-state index in [2.05, 4.69) is 27.7 Å². The summed E-state index contributed by atoms with van der Waals surface area (Å²) in [5.74, 6) is 0.188.